The molecule has 0 saturated carbocycles. The van der Waals surface area contributed by atoms with Gasteiger partial charge < -0.3 is 4.89 Å². The second-order valence-corrected chi connectivity index (χ2v) is 3.16. The zero-order valence-corrected chi connectivity index (χ0v) is 8.68. The highest BCUT2D eigenvalue weighted by Gasteiger charge is 2.19. The molecule has 1 aliphatic rings. The van der Waals surface area contributed by atoms with Gasteiger partial charge in [-0.1, -0.05) is 6.08 Å². The molecule has 1 rings (SSSR count). The Morgan fingerprint density at radius 3 is 2.75 bits per heavy atom. The molecule has 0 N–H and O–H groups in total. The average molecular weight is 224 g/mol. The Bertz CT molecular complexity index is 340. The molecular weight excluding hydrogens is 212 g/mol. The first-order valence-electron chi connectivity index (χ1n) is 4.93. The summed E-state index contributed by atoms with van der Waals surface area (Å²) in [7, 11) is 0. The topological polar surface area (TPSA) is 69.7 Å². The molecule has 0 fully saturated rings. The molecule has 0 aromatic rings. The van der Waals surface area contributed by atoms with E-state index < -0.39 is 17.3 Å². The summed E-state index contributed by atoms with van der Waals surface area (Å²) >= 11 is 0. The summed E-state index contributed by atoms with van der Waals surface area (Å²) in [4.78, 5) is 42.9. The summed E-state index contributed by atoms with van der Waals surface area (Å²) in [6, 6.07) is 0. The minimum absolute atomic E-state index is 0.0392. The van der Waals surface area contributed by atoms with Crippen LogP contribution in [0.15, 0.2) is 24.5 Å². The van der Waals surface area contributed by atoms with Crippen molar-refractivity contribution in [2.75, 3.05) is 6.61 Å². The van der Waals surface area contributed by atoms with Gasteiger partial charge in [0.15, 0.2) is 0 Å². The van der Waals surface area contributed by atoms with E-state index in [1.807, 2.05) is 0 Å². The number of allylic oxidation sites excluding steroid dienone is 2. The molecule has 0 saturated heterocycles. The lowest BCUT2D eigenvalue weighted by atomic mass is 10.1. The van der Waals surface area contributed by atoms with Crippen LogP contribution < -0.4 is 0 Å². The third-order valence-corrected chi connectivity index (χ3v) is 1.90. The molecule has 0 unspecified atom stereocenters. The summed E-state index contributed by atoms with van der Waals surface area (Å²) in [5.74, 6) is -2.44. The van der Waals surface area contributed by atoms with Crippen molar-refractivity contribution in [3.63, 3.8) is 0 Å². The van der Waals surface area contributed by atoms with Gasteiger partial charge in [0, 0.05) is 6.42 Å². The maximum Gasteiger partial charge on any atom is 0.268 e. The lowest BCUT2D eigenvalue weighted by Gasteiger charge is -1.95. The summed E-state index contributed by atoms with van der Waals surface area (Å²) < 4.78 is 0. The molecule has 5 nitrogen and oxygen atoms in total. The zero-order valence-electron chi connectivity index (χ0n) is 8.68. The molecule has 0 aromatic carbocycles. The van der Waals surface area contributed by atoms with E-state index in [-0.39, 0.29) is 13.0 Å². The smallest absolute Gasteiger partial charge is 0.268 e. The van der Waals surface area contributed by atoms with Gasteiger partial charge >= 0.3 is 0 Å². The van der Waals surface area contributed by atoms with E-state index in [1.54, 1.807) is 6.08 Å². The lowest BCUT2D eigenvalue weighted by Crippen LogP contribution is -2.22. The Labute approximate surface area is 92.6 Å². The molecule has 0 atom stereocenters. The molecule has 0 spiro atoms. The van der Waals surface area contributed by atoms with Gasteiger partial charge in [-0.25, -0.2) is 0 Å². The van der Waals surface area contributed by atoms with Gasteiger partial charge in [-0.05, 0) is 25.0 Å². The van der Waals surface area contributed by atoms with Gasteiger partial charge in [-0.3, -0.25) is 14.4 Å². The molecule has 1 aliphatic heterocycles. The Hall–Kier alpha value is -1.75. The molecule has 1 heterocycles. The fraction of sp³-hybridized carbons (Fsp3) is 0.364. The minimum atomic E-state index is -0.972. The minimum Gasteiger partial charge on any atom is -0.346 e. The van der Waals surface area contributed by atoms with E-state index in [2.05, 4.69) is 9.78 Å². The van der Waals surface area contributed by atoms with Crippen molar-refractivity contribution in [2.24, 2.45) is 0 Å². The SMILES string of the molecule is O=C1C=CCOOC=CCCCC(=O)C1=O. The quantitative estimate of drug-likeness (QED) is 0.451. The van der Waals surface area contributed by atoms with Crippen LogP contribution in [0.5, 0.6) is 0 Å². The number of hydrogen-bond acceptors (Lipinski definition) is 5. The van der Waals surface area contributed by atoms with Crippen LogP contribution in [0, 0.1) is 0 Å². The molecule has 0 aliphatic carbocycles. The molecule has 5 heteroatoms. The van der Waals surface area contributed by atoms with Crippen LogP contribution in [0.3, 0.4) is 0 Å². The van der Waals surface area contributed by atoms with E-state index >= 15 is 0 Å². The second-order valence-electron chi connectivity index (χ2n) is 3.16. The standard InChI is InChI=1S/C11H12O5/c12-9-5-2-1-3-7-15-16-8-4-6-10(13)11(9)14/h3-4,6-7H,1-2,5,8H2. The third-order valence-electron chi connectivity index (χ3n) is 1.90. The number of hydrogen-bond donors (Lipinski definition) is 0. The summed E-state index contributed by atoms with van der Waals surface area (Å²) in [6.45, 7) is 0.0392. The number of ketones is 3. The summed E-state index contributed by atoms with van der Waals surface area (Å²) in [6.07, 6.45) is 6.54. The van der Waals surface area contributed by atoms with Gasteiger partial charge in [0.05, 0.1) is 0 Å². The van der Waals surface area contributed by atoms with Gasteiger partial charge in [-0.15, -0.1) is 0 Å². The molecule has 0 radical (unpaired) electrons. The van der Waals surface area contributed by atoms with Gasteiger partial charge in [-0.2, -0.15) is 4.89 Å². The van der Waals surface area contributed by atoms with Crippen LogP contribution in [0.1, 0.15) is 19.3 Å². The highest BCUT2D eigenvalue weighted by molar-refractivity contribution is 6.66. The number of rotatable bonds is 0. The van der Waals surface area contributed by atoms with Crippen LogP contribution in [0.2, 0.25) is 0 Å². The highest BCUT2D eigenvalue weighted by atomic mass is 17.2. The Kier molecular flexibility index (Phi) is 5.15. The Morgan fingerprint density at radius 1 is 1.12 bits per heavy atom. The summed E-state index contributed by atoms with van der Waals surface area (Å²) in [5, 5.41) is 0. The maximum absolute atomic E-state index is 11.2. The predicted molar refractivity (Wildman–Crippen MR) is 54.2 cm³/mol. The number of carbonyl (C=O) groups is 3. The van der Waals surface area contributed by atoms with E-state index in [0.717, 1.165) is 6.08 Å². The van der Waals surface area contributed by atoms with Crippen molar-refractivity contribution in [2.45, 2.75) is 19.3 Å². The van der Waals surface area contributed by atoms with E-state index in [1.165, 1.54) is 12.3 Å². The molecule has 0 amide bonds. The average Bonchev–Trinajstić information content (AvgIpc) is 2.29. The van der Waals surface area contributed by atoms with Crippen molar-refractivity contribution < 1.29 is 24.2 Å². The number of Topliss-reactive ketones (excluding diaryl/α,β-unsaturated/α-hetero) is 2. The molecule has 0 aromatic heterocycles. The fourth-order valence-corrected chi connectivity index (χ4v) is 1.09. The lowest BCUT2D eigenvalue weighted by molar-refractivity contribution is -0.239. The first kappa shape index (κ1) is 12.3. The molecule has 16 heavy (non-hydrogen) atoms. The van der Waals surface area contributed by atoms with Crippen LogP contribution in [0.4, 0.5) is 0 Å². The highest BCUT2D eigenvalue weighted by Crippen LogP contribution is 2.01. The van der Waals surface area contributed by atoms with Crippen LogP contribution in [0.25, 0.3) is 0 Å². The molecule has 0 bridgehead atoms. The van der Waals surface area contributed by atoms with Crippen molar-refractivity contribution >= 4 is 17.3 Å². The second kappa shape index (κ2) is 6.68. The number of carbonyl (C=O) groups excluding carboxylic acids is 3. The predicted octanol–water partition coefficient (Wildman–Crippen LogP) is 0.896. The largest absolute Gasteiger partial charge is 0.346 e. The van der Waals surface area contributed by atoms with Gasteiger partial charge in [0.1, 0.15) is 12.9 Å². The summed E-state index contributed by atoms with van der Waals surface area (Å²) in [5.41, 5.74) is 0. The van der Waals surface area contributed by atoms with E-state index in [4.69, 9.17) is 0 Å². The van der Waals surface area contributed by atoms with Crippen molar-refractivity contribution in [1.29, 1.82) is 0 Å². The van der Waals surface area contributed by atoms with Crippen molar-refractivity contribution in [3.05, 3.63) is 24.5 Å². The van der Waals surface area contributed by atoms with Gasteiger partial charge in [0.25, 0.3) is 5.78 Å². The normalized spacial score (nSPS) is 19.6. The fourth-order valence-electron chi connectivity index (χ4n) is 1.09. The van der Waals surface area contributed by atoms with E-state index in [9.17, 15) is 14.4 Å². The van der Waals surface area contributed by atoms with E-state index in [0.29, 0.717) is 12.8 Å². The van der Waals surface area contributed by atoms with Gasteiger partial charge in [0.2, 0.25) is 11.6 Å². The Morgan fingerprint density at radius 2 is 1.94 bits per heavy atom. The van der Waals surface area contributed by atoms with Crippen molar-refractivity contribution in [1.82, 2.24) is 0 Å². The Balaban J connectivity index is 2.63. The van der Waals surface area contributed by atoms with Crippen LogP contribution in [-0.2, 0) is 24.2 Å². The monoisotopic (exact) mass is 224 g/mol. The molecular formula is C11H12O5. The first-order chi connectivity index (χ1) is 7.72. The third kappa shape index (κ3) is 4.18. The van der Waals surface area contributed by atoms with Crippen LogP contribution in [-0.4, -0.2) is 24.0 Å². The van der Waals surface area contributed by atoms with Crippen molar-refractivity contribution in [3.8, 4) is 0 Å². The van der Waals surface area contributed by atoms with Crippen LogP contribution >= 0.6 is 0 Å². The zero-order chi connectivity index (χ0) is 11.8. The first-order valence-corrected chi connectivity index (χ1v) is 4.93. The molecule has 86 valence electrons. The maximum atomic E-state index is 11.2.